The third-order valence-corrected chi connectivity index (χ3v) is 20.3. The molecule has 0 amide bonds. The number of ether oxygens (including phenoxy) is 8. The average Bonchev–Trinajstić information content (AvgIpc) is 0.786. The van der Waals surface area contributed by atoms with Crippen LogP contribution in [-0.2, 0) is 234 Å². The lowest BCUT2D eigenvalue weighted by molar-refractivity contribution is -0.384. The molecule has 4 fully saturated rings. The number of rotatable bonds is 47. The summed E-state index contributed by atoms with van der Waals surface area (Å²) in [6.45, 7) is -10.2. The molecule has 2 aromatic rings. The SMILES string of the molecule is O=S(=O)([O-])OC[C@H]1O[C@H](OCCCCCCCCn2cc(-c3ccccc3)nn2)[C@@H](O[C@H]2O[C@H](COS(=O)(=O)[O-])[C@@H](OS(=O)(=O)[O-])[C@H](O[C@H]3O[C@H](COS(=O)(=O)[O-])[C@@H](OS(=O)(=O)[O-])[C@H](O[C@H]4O[C@H](COS(=O)(=O)[O-])[C@@H](OS(=O)(=O)[O-])[C@H](OS(=O)(=O)[O-])[C@@H]4OS(=O)(=O)[O-])[C@@H]3OS(=O)(=O)[O-])[C@@H]2OS(=O)(=O)[O-])[C@@H](OS(=O)(=O)[O-])[C@@H]1OS(=O)(=O)[O-]. The topological polar surface area (TPSA) is 968 Å². The van der Waals surface area contributed by atoms with Gasteiger partial charge in [-0.05, 0) is 12.8 Å². The number of benzene rings is 1. The first-order valence-corrected chi connectivity index (χ1v) is 47.2. The van der Waals surface area contributed by atoms with Crippen LogP contribution in [0.3, 0.4) is 0 Å². The number of hydrogen-bond acceptors (Lipinski definition) is 62. The zero-order valence-corrected chi connectivity index (χ0v) is 66.3. The predicted molar refractivity (Wildman–Crippen MR) is 322 cm³/mol. The van der Waals surface area contributed by atoms with Gasteiger partial charge in [0.1, 0.15) is 85.0 Å². The molecule has 63 nitrogen and oxygen atoms in total. The molecule has 4 saturated heterocycles. The summed E-state index contributed by atoms with van der Waals surface area (Å²) in [5, 5.41) is 8.11. The van der Waals surface area contributed by atoms with E-state index in [4.69, 9.17) is 37.9 Å². The van der Waals surface area contributed by atoms with Crippen LogP contribution in [0, 0.1) is 0 Å². The van der Waals surface area contributed by atoms with Crippen molar-refractivity contribution in [1.82, 2.24) is 15.0 Å². The van der Waals surface area contributed by atoms with Gasteiger partial charge in [-0.3, -0.25) is 59.1 Å². The Kier molecular flexibility index (Phi) is 34.8. The Morgan fingerprint density at radius 3 is 0.871 bits per heavy atom. The Bertz CT molecular complexity index is 5240. The van der Waals surface area contributed by atoms with E-state index < -0.39 is 291 Å². The molecule has 0 radical (unpaired) electrons. The van der Waals surface area contributed by atoms with E-state index in [0.717, 1.165) is 5.56 Å². The van der Waals surface area contributed by atoms with E-state index in [0.29, 0.717) is 31.5 Å². The van der Waals surface area contributed by atoms with Gasteiger partial charge < -0.3 is 97.1 Å². The van der Waals surface area contributed by atoms with E-state index in [2.05, 4.69) is 64.7 Å². The van der Waals surface area contributed by atoms with Gasteiger partial charge in [-0.2, -0.15) is 0 Å². The van der Waals surface area contributed by atoms with E-state index in [-0.39, 0.29) is 19.3 Å². The molecule has 0 N–H and O–H groups in total. The number of unbranched alkanes of at least 4 members (excludes halogenated alkanes) is 5. The average molecular weight is 1950 g/mol. The maximum atomic E-state index is 13.0. The maximum Gasteiger partial charge on any atom is 0.218 e. The highest BCUT2D eigenvalue weighted by Gasteiger charge is 2.62. The lowest BCUT2D eigenvalue weighted by Crippen LogP contribution is -2.70. The van der Waals surface area contributed by atoms with E-state index in [1.807, 2.05) is 0 Å². The molecule has 676 valence electrons. The van der Waals surface area contributed by atoms with Crippen LogP contribution >= 0.6 is 0 Å². The predicted octanol–water partition coefficient (Wildman–Crippen LogP) is -12.1. The number of aryl methyl sites for hydroxylation is 1. The zero-order chi connectivity index (χ0) is 87.8. The molecule has 20 atom stereocenters. The molecule has 4 aliphatic heterocycles. The first kappa shape index (κ1) is 101. The fourth-order valence-electron chi connectivity index (χ4n) is 10.7. The Balaban J connectivity index is 1.61. The van der Waals surface area contributed by atoms with Crippen molar-refractivity contribution in [1.29, 1.82) is 0 Å². The lowest BCUT2D eigenvalue weighted by atomic mass is 9.95. The molecular weight excluding hydrogens is 1900 g/mol. The van der Waals surface area contributed by atoms with Crippen LogP contribution in [-0.4, -0.2) is 339 Å². The summed E-state index contributed by atoms with van der Waals surface area (Å²) in [5.41, 5.74) is 1.23. The van der Waals surface area contributed by atoms with E-state index in [9.17, 15) is 169 Å². The summed E-state index contributed by atoms with van der Waals surface area (Å²) < 4.78 is 579. The second-order valence-corrected chi connectivity index (χ2v) is 36.0. The number of aromatic nitrogens is 3. The summed E-state index contributed by atoms with van der Waals surface area (Å²) in [6.07, 6.45) is -72.8. The monoisotopic (exact) mass is 1950 g/mol. The van der Waals surface area contributed by atoms with Crippen molar-refractivity contribution >= 4 is 135 Å². The molecular formula is C40H50N3O60S13-13. The van der Waals surface area contributed by atoms with Gasteiger partial charge in [-0.1, -0.05) is 61.2 Å². The first-order valence-electron chi connectivity index (χ1n) is 29.9. The van der Waals surface area contributed by atoms with E-state index in [1.54, 1.807) is 36.5 Å². The minimum absolute atomic E-state index is 0.00156. The molecule has 0 spiro atoms. The molecule has 76 heteroatoms. The summed E-state index contributed by atoms with van der Waals surface area (Å²) in [4.78, 5) is 0. The van der Waals surface area contributed by atoms with Crippen LogP contribution in [0.15, 0.2) is 36.5 Å². The molecule has 0 saturated carbocycles. The Labute approximate surface area is 655 Å². The Morgan fingerprint density at radius 2 is 0.552 bits per heavy atom. The molecule has 5 heterocycles. The van der Waals surface area contributed by atoms with Crippen molar-refractivity contribution < 1.29 is 261 Å². The number of nitrogens with zero attached hydrogens (tertiary/aromatic N) is 3. The van der Waals surface area contributed by atoms with Crippen molar-refractivity contribution in [3.8, 4) is 11.3 Å². The normalized spacial score (nSPS) is 29.6. The Morgan fingerprint density at radius 1 is 0.293 bits per heavy atom. The fourth-order valence-corrected chi connectivity index (χ4v) is 16.3. The van der Waals surface area contributed by atoms with Crippen molar-refractivity contribution in [2.45, 2.75) is 168 Å². The first-order chi connectivity index (χ1) is 52.6. The quantitative estimate of drug-likeness (QED) is 0.0337. The summed E-state index contributed by atoms with van der Waals surface area (Å²) in [7, 11) is -88.1. The highest BCUT2D eigenvalue weighted by atomic mass is 32.3. The second-order valence-electron chi connectivity index (χ2n) is 22.7. The van der Waals surface area contributed by atoms with E-state index >= 15 is 0 Å². The highest BCUT2D eigenvalue weighted by molar-refractivity contribution is 7.83. The number of hydrogen-bond donors (Lipinski definition) is 0. The molecule has 0 aliphatic carbocycles. The van der Waals surface area contributed by atoms with Gasteiger partial charge in [0.05, 0.1) is 32.6 Å². The van der Waals surface area contributed by atoms with Crippen LogP contribution in [0.2, 0.25) is 0 Å². The Hall–Kier alpha value is -3.65. The standard InChI is InChI=1S/C40H63N3O60S13/c44-104(45,46)84-15-21-25(95-108(56,57)58)29(93-40-36(103-116(80,81)82)32(100-113(71,72)73)28(98-111(65,66)67)24(91-40)18-87-107(53,54)55)34(101-114(74,75)76)38(89-21)92-30-26(96-109(59,60)61)22(16-85-105(47,48)49)90-39(35(30)102-115(77,78)79)94-33-31(99-112(68,69)70)27(97-110(62,63)64)23(17-86-106(50,51)52)88-37(33)83-13-9-4-2-1-3-8-12-43-14-20(41-42-43)19-10-6-5-7-11-19/h5-7,10-11,14,21-40H,1-4,8-9,12-13,15-18H2,(H,44,45,46)(H,47,48,49)(H,50,51,52)(H,53,54,55)(H,56,57,58)(H,59,60,61)(H,62,63,64)(H,65,66,67)(H,68,69,70)(H,71,72,73)(H,74,75,76)(H,77,78,79)(H,80,81,82)/p-13/t21-,22-,23-,24-,25-,26-,27-,28-,29+,30+,31+,32+,33+,34+,35+,36+,37+,38-,39-,40-/m1/s1. The van der Waals surface area contributed by atoms with Crippen molar-refractivity contribution in [3.63, 3.8) is 0 Å². The molecule has 0 bridgehead atoms. The lowest BCUT2D eigenvalue weighted by Gasteiger charge is -2.52. The van der Waals surface area contributed by atoms with Gasteiger partial charge in [-0.25, -0.2) is 109 Å². The second kappa shape index (κ2) is 39.9. The van der Waals surface area contributed by atoms with Crippen LogP contribution in [0.5, 0.6) is 0 Å². The maximum absolute atomic E-state index is 13.0. The molecule has 4 aliphatic rings. The molecule has 1 aromatic carbocycles. The highest BCUT2D eigenvalue weighted by Crippen LogP contribution is 2.42. The molecule has 6 rings (SSSR count). The van der Waals surface area contributed by atoms with Crippen molar-refractivity contribution in [2.24, 2.45) is 0 Å². The summed E-state index contributed by atoms with van der Waals surface area (Å²) in [5.74, 6) is 0. The van der Waals surface area contributed by atoms with Crippen LogP contribution in [0.4, 0.5) is 0 Å². The van der Waals surface area contributed by atoms with Gasteiger partial charge in [0.2, 0.25) is 135 Å². The molecule has 116 heavy (non-hydrogen) atoms. The van der Waals surface area contributed by atoms with E-state index in [1.165, 1.54) is 4.68 Å². The summed E-state index contributed by atoms with van der Waals surface area (Å²) >= 11 is 0. The van der Waals surface area contributed by atoms with Crippen LogP contribution < -0.4 is 0 Å². The molecule has 0 unspecified atom stereocenters. The fraction of sp³-hybridized carbons (Fsp3) is 0.800. The van der Waals surface area contributed by atoms with Gasteiger partial charge in [-0.15, -0.1) is 5.10 Å². The van der Waals surface area contributed by atoms with Crippen molar-refractivity contribution in [2.75, 3.05) is 33.0 Å². The largest absolute Gasteiger partial charge is 0.726 e. The zero-order valence-electron chi connectivity index (χ0n) is 55.6. The van der Waals surface area contributed by atoms with Crippen molar-refractivity contribution in [3.05, 3.63) is 36.5 Å². The van der Waals surface area contributed by atoms with Gasteiger partial charge in [0, 0.05) is 18.7 Å². The van der Waals surface area contributed by atoms with Crippen LogP contribution in [0.1, 0.15) is 38.5 Å². The minimum Gasteiger partial charge on any atom is -0.726 e. The smallest absolute Gasteiger partial charge is 0.218 e. The van der Waals surface area contributed by atoms with Gasteiger partial charge >= 0.3 is 0 Å². The summed E-state index contributed by atoms with van der Waals surface area (Å²) in [6, 6.07) is 8.72. The van der Waals surface area contributed by atoms with Crippen LogP contribution in [0.25, 0.3) is 11.3 Å². The third kappa shape index (κ3) is 36.4. The minimum atomic E-state index is -7.22. The molecule has 1 aromatic heterocycles. The third-order valence-electron chi connectivity index (χ3n) is 14.5. The van der Waals surface area contributed by atoms with Gasteiger partial charge in [0.15, 0.2) is 43.5 Å². The van der Waals surface area contributed by atoms with Gasteiger partial charge in [0.25, 0.3) is 0 Å².